The average Bonchev–Trinajstić information content (AvgIpc) is 3.23. The van der Waals surface area contributed by atoms with E-state index in [4.69, 9.17) is 10.9 Å². The van der Waals surface area contributed by atoms with E-state index in [0.717, 1.165) is 18.5 Å². The van der Waals surface area contributed by atoms with Gasteiger partial charge in [0.2, 0.25) is 0 Å². The first kappa shape index (κ1) is 13.3. The minimum Gasteiger partial charge on any atom is -0.409 e. The lowest BCUT2D eigenvalue weighted by atomic mass is 10.1. The van der Waals surface area contributed by atoms with Crippen molar-refractivity contribution in [1.29, 1.82) is 0 Å². The fourth-order valence-corrected chi connectivity index (χ4v) is 1.99. The molecule has 1 aliphatic carbocycles. The summed E-state index contributed by atoms with van der Waals surface area (Å²) in [7, 11) is 0. The summed E-state index contributed by atoms with van der Waals surface area (Å²) in [6.07, 6.45) is 4.07. The molecule has 0 bridgehead atoms. The number of aryl methyl sites for hydroxylation is 1. The van der Waals surface area contributed by atoms with E-state index in [1.54, 1.807) is 23.2 Å². The SMILES string of the molecule is Cc1ncccc1C(=O)N(CCC(N)=NO)C1CC1. The molecule has 1 aliphatic rings. The molecule has 1 aromatic rings. The zero-order valence-corrected chi connectivity index (χ0v) is 10.9. The Morgan fingerprint density at radius 3 is 2.95 bits per heavy atom. The summed E-state index contributed by atoms with van der Waals surface area (Å²) in [5.41, 5.74) is 6.80. The number of amides is 1. The van der Waals surface area contributed by atoms with Crippen LogP contribution in [0.1, 0.15) is 35.3 Å². The minimum atomic E-state index is -0.0289. The van der Waals surface area contributed by atoms with Gasteiger partial charge in [-0.15, -0.1) is 0 Å². The van der Waals surface area contributed by atoms with Crippen molar-refractivity contribution in [1.82, 2.24) is 9.88 Å². The fraction of sp³-hybridized carbons (Fsp3) is 0.462. The molecule has 3 N–H and O–H groups in total. The Balaban J connectivity index is 2.11. The summed E-state index contributed by atoms with van der Waals surface area (Å²) in [5, 5.41) is 11.5. The number of nitrogens with zero attached hydrogens (tertiary/aromatic N) is 3. The van der Waals surface area contributed by atoms with Gasteiger partial charge < -0.3 is 15.8 Å². The molecule has 102 valence electrons. The van der Waals surface area contributed by atoms with Crippen LogP contribution in [0.15, 0.2) is 23.5 Å². The van der Waals surface area contributed by atoms with Crippen LogP contribution in [0.4, 0.5) is 0 Å². The third kappa shape index (κ3) is 3.21. The van der Waals surface area contributed by atoms with Gasteiger partial charge in [-0.05, 0) is 31.9 Å². The molecule has 1 aromatic heterocycles. The molecule has 19 heavy (non-hydrogen) atoms. The molecule has 0 unspecified atom stereocenters. The molecule has 1 saturated carbocycles. The van der Waals surface area contributed by atoms with Crippen LogP contribution >= 0.6 is 0 Å². The molecule has 2 rings (SSSR count). The molecule has 1 fully saturated rings. The van der Waals surface area contributed by atoms with E-state index in [2.05, 4.69) is 10.1 Å². The van der Waals surface area contributed by atoms with Gasteiger partial charge >= 0.3 is 0 Å². The van der Waals surface area contributed by atoms with Crippen LogP contribution in [0, 0.1) is 6.92 Å². The molecule has 0 aromatic carbocycles. The number of rotatable bonds is 5. The maximum Gasteiger partial charge on any atom is 0.255 e. The van der Waals surface area contributed by atoms with E-state index in [9.17, 15) is 4.79 Å². The van der Waals surface area contributed by atoms with Gasteiger partial charge in [0, 0.05) is 30.9 Å². The van der Waals surface area contributed by atoms with Crippen molar-refractivity contribution < 1.29 is 10.0 Å². The van der Waals surface area contributed by atoms with E-state index in [-0.39, 0.29) is 17.8 Å². The lowest BCUT2D eigenvalue weighted by Crippen LogP contribution is -2.36. The van der Waals surface area contributed by atoms with Crippen LogP contribution in [0.5, 0.6) is 0 Å². The van der Waals surface area contributed by atoms with Crippen LogP contribution in [-0.4, -0.2) is 39.4 Å². The fourth-order valence-electron chi connectivity index (χ4n) is 1.99. The molecule has 6 nitrogen and oxygen atoms in total. The summed E-state index contributed by atoms with van der Waals surface area (Å²) in [6.45, 7) is 2.29. The number of aromatic nitrogens is 1. The molecular weight excluding hydrogens is 244 g/mol. The van der Waals surface area contributed by atoms with Crippen LogP contribution in [-0.2, 0) is 0 Å². The van der Waals surface area contributed by atoms with E-state index in [1.165, 1.54) is 0 Å². The Labute approximate surface area is 111 Å². The number of amidine groups is 1. The first-order valence-electron chi connectivity index (χ1n) is 6.32. The predicted molar refractivity (Wildman–Crippen MR) is 71.1 cm³/mol. The van der Waals surface area contributed by atoms with Crippen LogP contribution in [0.3, 0.4) is 0 Å². The number of oxime groups is 1. The van der Waals surface area contributed by atoms with Crippen molar-refractivity contribution in [2.24, 2.45) is 10.9 Å². The minimum absolute atomic E-state index is 0.0289. The Bertz CT molecular complexity index is 497. The largest absolute Gasteiger partial charge is 0.409 e. The number of nitrogens with two attached hydrogens (primary N) is 1. The maximum atomic E-state index is 12.5. The van der Waals surface area contributed by atoms with Crippen molar-refractivity contribution >= 4 is 11.7 Å². The highest BCUT2D eigenvalue weighted by atomic mass is 16.4. The van der Waals surface area contributed by atoms with E-state index in [1.807, 2.05) is 6.92 Å². The first-order chi connectivity index (χ1) is 9.13. The third-order valence-electron chi connectivity index (χ3n) is 3.22. The monoisotopic (exact) mass is 262 g/mol. The van der Waals surface area contributed by atoms with E-state index >= 15 is 0 Å². The second kappa shape index (κ2) is 5.69. The van der Waals surface area contributed by atoms with Gasteiger partial charge in [0.1, 0.15) is 5.84 Å². The van der Waals surface area contributed by atoms with Crippen LogP contribution < -0.4 is 5.73 Å². The second-order valence-corrected chi connectivity index (χ2v) is 4.71. The Kier molecular flexibility index (Phi) is 3.99. The lowest BCUT2D eigenvalue weighted by molar-refractivity contribution is 0.0746. The zero-order chi connectivity index (χ0) is 13.8. The number of carbonyl (C=O) groups excluding carboxylic acids is 1. The van der Waals surface area contributed by atoms with Gasteiger partial charge in [0.15, 0.2) is 0 Å². The average molecular weight is 262 g/mol. The van der Waals surface area contributed by atoms with Gasteiger partial charge in [-0.1, -0.05) is 5.16 Å². The zero-order valence-electron chi connectivity index (χ0n) is 10.9. The van der Waals surface area contributed by atoms with Crippen molar-refractivity contribution in [2.45, 2.75) is 32.2 Å². The van der Waals surface area contributed by atoms with Gasteiger partial charge in [-0.2, -0.15) is 0 Å². The number of hydrogen-bond acceptors (Lipinski definition) is 4. The number of pyridine rings is 1. The summed E-state index contributed by atoms with van der Waals surface area (Å²) < 4.78 is 0. The van der Waals surface area contributed by atoms with Gasteiger partial charge in [-0.3, -0.25) is 9.78 Å². The third-order valence-corrected chi connectivity index (χ3v) is 3.22. The highest BCUT2D eigenvalue weighted by molar-refractivity contribution is 5.95. The Morgan fingerprint density at radius 1 is 1.63 bits per heavy atom. The molecular formula is C13H18N4O2. The maximum absolute atomic E-state index is 12.5. The standard InChI is InChI=1S/C13H18N4O2/c1-9-11(3-2-7-15-9)13(18)17(10-4-5-10)8-6-12(14)16-19/h2-3,7,10,19H,4-6,8H2,1H3,(H2,14,16). The predicted octanol–water partition coefficient (Wildman–Crippen LogP) is 1.13. The van der Waals surface area contributed by atoms with E-state index < -0.39 is 0 Å². The molecule has 0 saturated heterocycles. The molecule has 1 heterocycles. The lowest BCUT2D eigenvalue weighted by Gasteiger charge is -2.22. The van der Waals surface area contributed by atoms with Crippen molar-refractivity contribution in [3.63, 3.8) is 0 Å². The molecule has 1 amide bonds. The van der Waals surface area contributed by atoms with Crippen molar-refractivity contribution in [2.75, 3.05) is 6.54 Å². The summed E-state index contributed by atoms with van der Waals surface area (Å²) in [5.74, 6) is 0.111. The topological polar surface area (TPSA) is 91.8 Å². The highest BCUT2D eigenvalue weighted by Crippen LogP contribution is 2.28. The van der Waals surface area contributed by atoms with Gasteiger partial charge in [-0.25, -0.2) is 0 Å². The molecule has 0 atom stereocenters. The highest BCUT2D eigenvalue weighted by Gasteiger charge is 2.33. The first-order valence-corrected chi connectivity index (χ1v) is 6.32. The van der Waals surface area contributed by atoms with Gasteiger partial charge in [0.05, 0.1) is 5.56 Å². The van der Waals surface area contributed by atoms with Crippen LogP contribution in [0.25, 0.3) is 0 Å². The van der Waals surface area contributed by atoms with E-state index in [0.29, 0.717) is 18.5 Å². The Hall–Kier alpha value is -2.11. The normalized spacial score (nSPS) is 15.3. The van der Waals surface area contributed by atoms with Crippen molar-refractivity contribution in [3.05, 3.63) is 29.6 Å². The smallest absolute Gasteiger partial charge is 0.255 e. The van der Waals surface area contributed by atoms with Crippen LogP contribution in [0.2, 0.25) is 0 Å². The summed E-state index contributed by atoms with van der Waals surface area (Å²) in [6, 6.07) is 3.82. The summed E-state index contributed by atoms with van der Waals surface area (Å²) >= 11 is 0. The van der Waals surface area contributed by atoms with Crippen molar-refractivity contribution in [3.8, 4) is 0 Å². The Morgan fingerprint density at radius 2 is 2.37 bits per heavy atom. The number of hydrogen-bond donors (Lipinski definition) is 2. The second-order valence-electron chi connectivity index (χ2n) is 4.71. The summed E-state index contributed by atoms with van der Waals surface area (Å²) in [4.78, 5) is 18.4. The molecule has 0 spiro atoms. The molecule has 6 heteroatoms. The number of carbonyl (C=O) groups is 1. The molecule has 0 aliphatic heterocycles. The molecule has 0 radical (unpaired) electrons. The quantitative estimate of drug-likeness (QED) is 0.360. The van der Waals surface area contributed by atoms with Gasteiger partial charge in [0.25, 0.3) is 5.91 Å².